The van der Waals surface area contributed by atoms with E-state index in [-0.39, 0.29) is 11.6 Å². The lowest BCUT2D eigenvalue weighted by Gasteiger charge is -2.34. The van der Waals surface area contributed by atoms with Gasteiger partial charge in [0, 0.05) is 18.7 Å². The molecule has 98 valence electrons. The van der Waals surface area contributed by atoms with Gasteiger partial charge in [0.05, 0.1) is 5.69 Å². The minimum absolute atomic E-state index is 0.0767. The Morgan fingerprint density at radius 1 is 1.28 bits per heavy atom. The van der Waals surface area contributed by atoms with E-state index >= 15 is 0 Å². The number of carbonyl (C=O) groups excluding carboxylic acids is 1. The summed E-state index contributed by atoms with van der Waals surface area (Å²) < 4.78 is 14.0. The Labute approximate surface area is 108 Å². The number of Topliss-reactive ketones (excluding diaryl/α,β-unsaturated/α-hetero) is 1. The van der Waals surface area contributed by atoms with Crippen LogP contribution in [0.5, 0.6) is 0 Å². The van der Waals surface area contributed by atoms with Crippen molar-refractivity contribution in [3.8, 4) is 0 Å². The van der Waals surface area contributed by atoms with Crippen LogP contribution in [-0.2, 0) is 0 Å². The molecule has 18 heavy (non-hydrogen) atoms. The molecule has 0 spiro atoms. The van der Waals surface area contributed by atoms with Gasteiger partial charge in [0.2, 0.25) is 0 Å². The van der Waals surface area contributed by atoms with E-state index in [2.05, 4.69) is 0 Å². The Balaban J connectivity index is 2.33. The third kappa shape index (κ3) is 2.55. The van der Waals surface area contributed by atoms with Gasteiger partial charge in [-0.05, 0) is 31.9 Å². The highest BCUT2D eigenvalue weighted by Crippen LogP contribution is 2.30. The van der Waals surface area contributed by atoms with Crippen molar-refractivity contribution in [3.05, 3.63) is 29.6 Å². The summed E-state index contributed by atoms with van der Waals surface area (Å²) in [4.78, 5) is 13.6. The molecule has 3 heteroatoms. The van der Waals surface area contributed by atoms with Crippen molar-refractivity contribution >= 4 is 11.5 Å². The van der Waals surface area contributed by atoms with Crippen LogP contribution in [0.3, 0.4) is 0 Å². The molecule has 1 aromatic carbocycles. The van der Waals surface area contributed by atoms with Gasteiger partial charge in [-0.2, -0.15) is 0 Å². The number of carbonyl (C=O) groups is 1. The van der Waals surface area contributed by atoms with Gasteiger partial charge in [-0.15, -0.1) is 0 Å². The SMILES string of the molecule is CC(=O)c1cccc(F)c1N(C)C1CCCCC1. The van der Waals surface area contributed by atoms with Crippen LogP contribution < -0.4 is 4.90 Å². The van der Waals surface area contributed by atoms with Gasteiger partial charge < -0.3 is 4.90 Å². The first-order valence-electron chi connectivity index (χ1n) is 6.63. The van der Waals surface area contributed by atoms with Crippen LogP contribution in [0.15, 0.2) is 18.2 Å². The van der Waals surface area contributed by atoms with Gasteiger partial charge in [-0.25, -0.2) is 4.39 Å². The molecule has 0 N–H and O–H groups in total. The number of benzene rings is 1. The van der Waals surface area contributed by atoms with Crippen LogP contribution in [0.2, 0.25) is 0 Å². The number of ketones is 1. The Bertz CT molecular complexity index is 438. The number of para-hydroxylation sites is 1. The van der Waals surface area contributed by atoms with E-state index in [1.165, 1.54) is 32.3 Å². The molecule has 1 aromatic rings. The summed E-state index contributed by atoms with van der Waals surface area (Å²) in [7, 11) is 1.90. The number of anilines is 1. The summed E-state index contributed by atoms with van der Waals surface area (Å²) in [5.41, 5.74) is 0.958. The molecule has 1 saturated carbocycles. The number of hydrogen-bond donors (Lipinski definition) is 0. The zero-order valence-electron chi connectivity index (χ0n) is 11.1. The van der Waals surface area contributed by atoms with Crippen molar-refractivity contribution in [1.82, 2.24) is 0 Å². The number of rotatable bonds is 3. The van der Waals surface area contributed by atoms with Gasteiger partial charge in [0.1, 0.15) is 5.82 Å². The molecule has 2 rings (SSSR count). The van der Waals surface area contributed by atoms with Crippen molar-refractivity contribution in [2.45, 2.75) is 45.1 Å². The highest BCUT2D eigenvalue weighted by molar-refractivity contribution is 5.99. The fourth-order valence-electron chi connectivity index (χ4n) is 2.81. The summed E-state index contributed by atoms with van der Waals surface area (Å²) in [5, 5.41) is 0. The Morgan fingerprint density at radius 3 is 2.56 bits per heavy atom. The quantitative estimate of drug-likeness (QED) is 0.759. The van der Waals surface area contributed by atoms with Crippen molar-refractivity contribution in [2.75, 3.05) is 11.9 Å². The monoisotopic (exact) mass is 249 g/mol. The van der Waals surface area contributed by atoms with Crippen LogP contribution in [0.4, 0.5) is 10.1 Å². The summed E-state index contributed by atoms with van der Waals surface area (Å²) in [5.74, 6) is -0.372. The van der Waals surface area contributed by atoms with E-state index in [0.717, 1.165) is 12.8 Å². The minimum atomic E-state index is -0.296. The third-order valence-corrected chi connectivity index (χ3v) is 3.84. The van der Waals surface area contributed by atoms with Gasteiger partial charge in [-0.1, -0.05) is 25.3 Å². The zero-order valence-corrected chi connectivity index (χ0v) is 11.1. The van der Waals surface area contributed by atoms with Crippen LogP contribution in [-0.4, -0.2) is 18.9 Å². The Morgan fingerprint density at radius 2 is 1.94 bits per heavy atom. The number of halogens is 1. The topological polar surface area (TPSA) is 20.3 Å². The van der Waals surface area contributed by atoms with Crippen molar-refractivity contribution < 1.29 is 9.18 Å². The van der Waals surface area contributed by atoms with Crippen molar-refractivity contribution in [3.63, 3.8) is 0 Å². The molecule has 0 aliphatic heterocycles. The average molecular weight is 249 g/mol. The van der Waals surface area contributed by atoms with Gasteiger partial charge in [-0.3, -0.25) is 4.79 Å². The molecular weight excluding hydrogens is 229 g/mol. The maximum Gasteiger partial charge on any atom is 0.161 e. The van der Waals surface area contributed by atoms with Crippen LogP contribution in [0, 0.1) is 5.82 Å². The molecule has 0 aromatic heterocycles. The summed E-state index contributed by atoms with van der Waals surface area (Å²) in [6, 6.07) is 5.10. The molecule has 0 radical (unpaired) electrons. The molecule has 1 aliphatic rings. The average Bonchev–Trinajstić information content (AvgIpc) is 2.38. The molecule has 0 bridgehead atoms. The van der Waals surface area contributed by atoms with E-state index in [9.17, 15) is 9.18 Å². The molecule has 1 fully saturated rings. The molecule has 0 amide bonds. The van der Waals surface area contributed by atoms with Crippen LogP contribution in [0.25, 0.3) is 0 Å². The zero-order chi connectivity index (χ0) is 13.1. The molecule has 1 aliphatic carbocycles. The molecule has 0 unspecified atom stereocenters. The largest absolute Gasteiger partial charge is 0.369 e. The fraction of sp³-hybridized carbons (Fsp3) is 0.533. The summed E-state index contributed by atoms with van der Waals surface area (Å²) in [6.07, 6.45) is 5.82. The first kappa shape index (κ1) is 13.1. The van der Waals surface area contributed by atoms with Gasteiger partial charge in [0.15, 0.2) is 5.78 Å². The second kappa shape index (κ2) is 5.51. The molecule has 2 nitrogen and oxygen atoms in total. The predicted molar refractivity (Wildman–Crippen MR) is 71.7 cm³/mol. The highest BCUT2D eigenvalue weighted by Gasteiger charge is 2.23. The van der Waals surface area contributed by atoms with E-state index in [1.54, 1.807) is 12.1 Å². The van der Waals surface area contributed by atoms with Crippen LogP contribution >= 0.6 is 0 Å². The highest BCUT2D eigenvalue weighted by atomic mass is 19.1. The number of nitrogens with zero attached hydrogens (tertiary/aromatic N) is 1. The maximum atomic E-state index is 14.0. The summed E-state index contributed by atoms with van der Waals surface area (Å²) in [6.45, 7) is 1.49. The van der Waals surface area contributed by atoms with E-state index < -0.39 is 0 Å². The lowest BCUT2D eigenvalue weighted by molar-refractivity contribution is 0.101. The first-order valence-corrected chi connectivity index (χ1v) is 6.63. The van der Waals surface area contributed by atoms with E-state index in [4.69, 9.17) is 0 Å². The second-order valence-corrected chi connectivity index (χ2v) is 5.09. The molecule has 0 atom stereocenters. The van der Waals surface area contributed by atoms with E-state index in [0.29, 0.717) is 17.3 Å². The Kier molecular flexibility index (Phi) is 4.00. The van der Waals surface area contributed by atoms with Crippen molar-refractivity contribution in [2.24, 2.45) is 0 Å². The van der Waals surface area contributed by atoms with Crippen LogP contribution in [0.1, 0.15) is 49.4 Å². The lowest BCUT2D eigenvalue weighted by atomic mass is 9.93. The smallest absolute Gasteiger partial charge is 0.161 e. The summed E-state index contributed by atoms with van der Waals surface area (Å²) >= 11 is 0. The van der Waals surface area contributed by atoms with Crippen molar-refractivity contribution in [1.29, 1.82) is 0 Å². The first-order chi connectivity index (χ1) is 8.61. The molecule has 0 saturated heterocycles. The number of hydrogen-bond acceptors (Lipinski definition) is 2. The third-order valence-electron chi connectivity index (χ3n) is 3.84. The van der Waals surface area contributed by atoms with E-state index in [1.807, 2.05) is 11.9 Å². The molecule has 0 heterocycles. The fourth-order valence-corrected chi connectivity index (χ4v) is 2.81. The standard InChI is InChI=1S/C15H20FNO/c1-11(18)13-9-6-10-14(16)15(13)17(2)12-7-4-3-5-8-12/h6,9-10,12H,3-5,7-8H2,1-2H3. The normalized spacial score (nSPS) is 16.6. The Hall–Kier alpha value is -1.38. The predicted octanol–water partition coefficient (Wildman–Crippen LogP) is 3.80. The molecular formula is C15H20FNO. The maximum absolute atomic E-state index is 14.0. The lowest BCUT2D eigenvalue weighted by Crippen LogP contribution is -2.34. The van der Waals surface area contributed by atoms with Gasteiger partial charge >= 0.3 is 0 Å². The van der Waals surface area contributed by atoms with Gasteiger partial charge in [0.25, 0.3) is 0 Å². The minimum Gasteiger partial charge on any atom is -0.369 e. The second-order valence-electron chi connectivity index (χ2n) is 5.09.